The molecule has 0 aliphatic carbocycles. The lowest BCUT2D eigenvalue weighted by Gasteiger charge is -2.08. The van der Waals surface area contributed by atoms with Gasteiger partial charge in [0.05, 0.1) is 34.2 Å². The van der Waals surface area contributed by atoms with E-state index in [1.807, 2.05) is 6.92 Å². The van der Waals surface area contributed by atoms with E-state index in [4.69, 9.17) is 28.9 Å². The molecule has 5 nitrogen and oxygen atoms in total. The number of nitrogens with one attached hydrogen (secondary N) is 1. The Bertz CT molecular complexity index is 556. The van der Waals surface area contributed by atoms with E-state index in [1.165, 1.54) is 0 Å². The van der Waals surface area contributed by atoms with Crippen LogP contribution in [0.1, 0.15) is 11.4 Å². The highest BCUT2D eigenvalue weighted by molar-refractivity contribution is 6.37. The molecule has 2 aromatic heterocycles. The molecule has 7 heteroatoms. The lowest BCUT2D eigenvalue weighted by molar-refractivity contribution is 0.977. The van der Waals surface area contributed by atoms with Gasteiger partial charge in [0.2, 0.25) is 0 Å². The molecule has 0 spiro atoms. The summed E-state index contributed by atoms with van der Waals surface area (Å²) in [6, 6.07) is 1.55. The predicted octanol–water partition coefficient (Wildman–Crippen LogP) is 2.68. The molecule has 3 N–H and O–H groups in total. The van der Waals surface area contributed by atoms with Crippen LogP contribution in [0.5, 0.6) is 0 Å². The molecule has 0 bridgehead atoms. The highest BCUT2D eigenvalue weighted by atomic mass is 35.5. The lowest BCUT2D eigenvalue weighted by atomic mass is 10.4. The van der Waals surface area contributed by atoms with Gasteiger partial charge in [-0.3, -0.25) is 9.97 Å². The monoisotopic (exact) mass is 283 g/mol. The first-order valence-electron chi connectivity index (χ1n) is 5.19. The number of hydrogen-bond acceptors (Lipinski definition) is 5. The minimum atomic E-state index is 0.235. The van der Waals surface area contributed by atoms with Gasteiger partial charge in [0.25, 0.3) is 0 Å². The summed E-state index contributed by atoms with van der Waals surface area (Å²) in [5.41, 5.74) is 7.26. The summed E-state index contributed by atoms with van der Waals surface area (Å²) < 4.78 is 0. The molecule has 0 aliphatic heterocycles. The number of nitrogens with zero attached hydrogens (tertiary/aromatic N) is 3. The van der Waals surface area contributed by atoms with Gasteiger partial charge in [-0.15, -0.1) is 0 Å². The van der Waals surface area contributed by atoms with Crippen molar-refractivity contribution in [3.63, 3.8) is 0 Å². The number of aromatic nitrogens is 3. The van der Waals surface area contributed by atoms with Crippen molar-refractivity contribution in [3.05, 3.63) is 39.9 Å². The Balaban J connectivity index is 2.10. The van der Waals surface area contributed by atoms with Gasteiger partial charge in [0, 0.05) is 6.20 Å². The Morgan fingerprint density at radius 3 is 2.67 bits per heavy atom. The maximum atomic E-state index is 5.99. The van der Waals surface area contributed by atoms with E-state index in [1.54, 1.807) is 18.5 Å². The number of anilines is 2. The Morgan fingerprint density at radius 2 is 2.00 bits per heavy atom. The van der Waals surface area contributed by atoms with Crippen LogP contribution in [0.2, 0.25) is 10.0 Å². The zero-order valence-electron chi connectivity index (χ0n) is 9.61. The Kier molecular flexibility index (Phi) is 3.84. The molecule has 2 aromatic rings. The molecule has 0 amide bonds. The zero-order chi connectivity index (χ0) is 13.1. The summed E-state index contributed by atoms with van der Waals surface area (Å²) in [6.07, 6.45) is 3.39. The van der Waals surface area contributed by atoms with E-state index in [9.17, 15) is 0 Å². The van der Waals surface area contributed by atoms with E-state index in [-0.39, 0.29) is 5.82 Å². The van der Waals surface area contributed by atoms with E-state index in [0.717, 1.165) is 11.4 Å². The SMILES string of the molecule is Cc1cnc(CNc2nc(N)c(Cl)cc2Cl)cn1. The summed E-state index contributed by atoms with van der Waals surface area (Å²) in [7, 11) is 0. The van der Waals surface area contributed by atoms with Crippen LogP contribution in [0, 0.1) is 6.92 Å². The van der Waals surface area contributed by atoms with Crippen LogP contribution in [-0.4, -0.2) is 15.0 Å². The molecule has 0 saturated heterocycles. The topological polar surface area (TPSA) is 76.7 Å². The molecular formula is C11H11Cl2N5. The largest absolute Gasteiger partial charge is 0.382 e. The van der Waals surface area contributed by atoms with Crippen molar-refractivity contribution in [2.24, 2.45) is 0 Å². The summed E-state index contributed by atoms with van der Waals surface area (Å²) in [4.78, 5) is 12.4. The van der Waals surface area contributed by atoms with E-state index in [2.05, 4.69) is 20.3 Å². The molecule has 0 saturated carbocycles. The van der Waals surface area contributed by atoms with Crippen molar-refractivity contribution >= 4 is 34.8 Å². The van der Waals surface area contributed by atoms with E-state index >= 15 is 0 Å². The third kappa shape index (κ3) is 3.00. The molecule has 0 fully saturated rings. The normalized spacial score (nSPS) is 10.4. The minimum Gasteiger partial charge on any atom is -0.382 e. The standard InChI is InChI=1S/C11H11Cl2N5/c1-6-3-16-7(4-15-6)5-17-11-9(13)2-8(12)10(14)18-11/h2-4H,5H2,1H3,(H3,14,17,18). The van der Waals surface area contributed by atoms with Gasteiger partial charge in [-0.05, 0) is 13.0 Å². The van der Waals surface area contributed by atoms with Gasteiger partial charge in [-0.1, -0.05) is 23.2 Å². The predicted molar refractivity (Wildman–Crippen MR) is 72.8 cm³/mol. The van der Waals surface area contributed by atoms with Crippen molar-refractivity contribution < 1.29 is 0 Å². The molecule has 94 valence electrons. The van der Waals surface area contributed by atoms with Crippen LogP contribution in [-0.2, 0) is 6.54 Å². The van der Waals surface area contributed by atoms with Crippen LogP contribution in [0.15, 0.2) is 18.5 Å². The smallest absolute Gasteiger partial charge is 0.147 e. The first-order valence-corrected chi connectivity index (χ1v) is 5.95. The number of pyridine rings is 1. The molecule has 2 rings (SSSR count). The summed E-state index contributed by atoms with van der Waals surface area (Å²) in [5.74, 6) is 0.708. The summed E-state index contributed by atoms with van der Waals surface area (Å²) in [6.45, 7) is 2.34. The lowest BCUT2D eigenvalue weighted by Crippen LogP contribution is -2.06. The highest BCUT2D eigenvalue weighted by Crippen LogP contribution is 2.27. The number of halogens is 2. The third-order valence-electron chi connectivity index (χ3n) is 2.23. The average molecular weight is 284 g/mol. The van der Waals surface area contributed by atoms with Crippen molar-refractivity contribution in [2.45, 2.75) is 13.5 Å². The minimum absolute atomic E-state index is 0.235. The fourth-order valence-electron chi connectivity index (χ4n) is 1.29. The fraction of sp³-hybridized carbons (Fsp3) is 0.182. The first-order chi connectivity index (χ1) is 8.56. The second-order valence-electron chi connectivity index (χ2n) is 3.69. The maximum absolute atomic E-state index is 5.99. The molecule has 0 radical (unpaired) electrons. The van der Waals surface area contributed by atoms with Crippen LogP contribution in [0.4, 0.5) is 11.6 Å². The highest BCUT2D eigenvalue weighted by Gasteiger charge is 2.07. The van der Waals surface area contributed by atoms with Crippen LogP contribution in [0.3, 0.4) is 0 Å². The molecule has 0 aliphatic rings. The fourth-order valence-corrected chi connectivity index (χ4v) is 1.72. The van der Waals surface area contributed by atoms with Gasteiger partial charge < -0.3 is 11.1 Å². The molecule has 2 heterocycles. The van der Waals surface area contributed by atoms with Crippen LogP contribution >= 0.6 is 23.2 Å². The Labute approximate surface area is 114 Å². The van der Waals surface area contributed by atoms with Crippen LogP contribution < -0.4 is 11.1 Å². The summed E-state index contributed by atoms with van der Waals surface area (Å²) >= 11 is 11.8. The Hall–Kier alpha value is -1.59. The van der Waals surface area contributed by atoms with Gasteiger partial charge in [0.1, 0.15) is 11.6 Å². The molecular weight excluding hydrogens is 273 g/mol. The van der Waals surface area contributed by atoms with Gasteiger partial charge in [-0.25, -0.2) is 4.98 Å². The molecule has 0 atom stereocenters. The van der Waals surface area contributed by atoms with Crippen molar-refractivity contribution in [1.82, 2.24) is 15.0 Å². The van der Waals surface area contributed by atoms with Gasteiger partial charge in [0.15, 0.2) is 0 Å². The Morgan fingerprint density at radius 1 is 1.22 bits per heavy atom. The van der Waals surface area contributed by atoms with Crippen molar-refractivity contribution in [1.29, 1.82) is 0 Å². The zero-order valence-corrected chi connectivity index (χ0v) is 11.1. The number of nitrogens with two attached hydrogens (primary N) is 1. The number of hydrogen-bond donors (Lipinski definition) is 2. The van der Waals surface area contributed by atoms with Crippen molar-refractivity contribution in [2.75, 3.05) is 11.1 Å². The van der Waals surface area contributed by atoms with Crippen LogP contribution in [0.25, 0.3) is 0 Å². The first kappa shape index (κ1) is 12.9. The van der Waals surface area contributed by atoms with Gasteiger partial charge >= 0.3 is 0 Å². The number of rotatable bonds is 3. The number of nitrogen functional groups attached to an aromatic ring is 1. The summed E-state index contributed by atoms with van der Waals surface area (Å²) in [5, 5.41) is 3.78. The van der Waals surface area contributed by atoms with Crippen molar-refractivity contribution in [3.8, 4) is 0 Å². The third-order valence-corrected chi connectivity index (χ3v) is 2.82. The van der Waals surface area contributed by atoms with Gasteiger partial charge in [-0.2, -0.15) is 0 Å². The number of aryl methyl sites for hydroxylation is 1. The molecule has 18 heavy (non-hydrogen) atoms. The average Bonchev–Trinajstić information content (AvgIpc) is 2.34. The second kappa shape index (κ2) is 5.37. The van der Waals surface area contributed by atoms with E-state index in [0.29, 0.717) is 22.4 Å². The maximum Gasteiger partial charge on any atom is 0.147 e. The van der Waals surface area contributed by atoms with E-state index < -0.39 is 0 Å². The molecule has 0 unspecified atom stereocenters. The molecule has 0 aromatic carbocycles. The second-order valence-corrected chi connectivity index (χ2v) is 4.50. The quantitative estimate of drug-likeness (QED) is 0.906.